The van der Waals surface area contributed by atoms with E-state index < -0.39 is 0 Å². The molecule has 0 amide bonds. The van der Waals surface area contributed by atoms with Crippen molar-refractivity contribution < 1.29 is 9.53 Å². The summed E-state index contributed by atoms with van der Waals surface area (Å²) in [4.78, 5) is 11.9. The number of ether oxygens (including phenoxy) is 1. The van der Waals surface area contributed by atoms with Gasteiger partial charge in [-0.3, -0.25) is 0 Å². The minimum atomic E-state index is -0.292. The van der Waals surface area contributed by atoms with Gasteiger partial charge < -0.3 is 4.74 Å². The van der Waals surface area contributed by atoms with Crippen LogP contribution in [0, 0.1) is 0 Å². The molecule has 0 atom stereocenters. The molecule has 2 aromatic carbocycles. The van der Waals surface area contributed by atoms with E-state index in [1.54, 1.807) is 6.08 Å². The molecule has 0 N–H and O–H groups in total. The lowest BCUT2D eigenvalue weighted by Gasteiger charge is -2.07. The van der Waals surface area contributed by atoms with Gasteiger partial charge in [0.25, 0.3) is 0 Å². The number of carbonyl (C=O) groups is 1. The highest BCUT2D eigenvalue weighted by molar-refractivity contribution is 5.97. The molecule has 0 spiro atoms. The SMILES string of the molecule is O=C(Oc1cccc2ccccc12)C1=CCC=C1. The summed E-state index contributed by atoms with van der Waals surface area (Å²) in [6, 6.07) is 13.6. The van der Waals surface area contributed by atoms with Crippen LogP contribution in [0.1, 0.15) is 6.42 Å². The number of hydrogen-bond donors (Lipinski definition) is 0. The third-order valence-corrected chi connectivity index (χ3v) is 2.96. The topological polar surface area (TPSA) is 26.3 Å². The molecule has 0 aromatic heterocycles. The number of rotatable bonds is 2. The van der Waals surface area contributed by atoms with Crippen molar-refractivity contribution in [3.05, 3.63) is 66.3 Å². The highest BCUT2D eigenvalue weighted by Gasteiger charge is 2.12. The Morgan fingerprint density at radius 2 is 1.89 bits per heavy atom. The largest absolute Gasteiger partial charge is 0.422 e. The van der Waals surface area contributed by atoms with Crippen LogP contribution >= 0.6 is 0 Å². The highest BCUT2D eigenvalue weighted by atomic mass is 16.5. The van der Waals surface area contributed by atoms with Crippen LogP contribution in [0.3, 0.4) is 0 Å². The van der Waals surface area contributed by atoms with Crippen molar-refractivity contribution in [2.75, 3.05) is 0 Å². The third-order valence-electron chi connectivity index (χ3n) is 2.96. The zero-order valence-corrected chi connectivity index (χ0v) is 9.80. The summed E-state index contributed by atoms with van der Waals surface area (Å²) < 4.78 is 5.45. The van der Waals surface area contributed by atoms with Crippen LogP contribution in [0.5, 0.6) is 5.75 Å². The monoisotopic (exact) mass is 236 g/mol. The van der Waals surface area contributed by atoms with Crippen molar-refractivity contribution in [2.45, 2.75) is 6.42 Å². The van der Waals surface area contributed by atoms with Crippen molar-refractivity contribution in [1.29, 1.82) is 0 Å². The van der Waals surface area contributed by atoms with Gasteiger partial charge in [0.2, 0.25) is 0 Å². The molecule has 1 aliphatic carbocycles. The van der Waals surface area contributed by atoms with Gasteiger partial charge in [0, 0.05) is 5.39 Å². The van der Waals surface area contributed by atoms with Crippen molar-refractivity contribution in [3.8, 4) is 5.75 Å². The second kappa shape index (κ2) is 4.49. The Hall–Kier alpha value is -2.35. The normalized spacial score (nSPS) is 13.7. The van der Waals surface area contributed by atoms with Gasteiger partial charge in [0.1, 0.15) is 5.75 Å². The average Bonchev–Trinajstić information content (AvgIpc) is 2.93. The molecule has 0 saturated carbocycles. The van der Waals surface area contributed by atoms with Gasteiger partial charge in [-0.25, -0.2) is 4.79 Å². The van der Waals surface area contributed by atoms with E-state index in [0.29, 0.717) is 11.3 Å². The molecule has 88 valence electrons. The van der Waals surface area contributed by atoms with Gasteiger partial charge in [0.05, 0.1) is 5.57 Å². The maximum atomic E-state index is 11.9. The summed E-state index contributed by atoms with van der Waals surface area (Å²) in [5, 5.41) is 2.02. The Morgan fingerprint density at radius 3 is 2.72 bits per heavy atom. The average molecular weight is 236 g/mol. The Balaban J connectivity index is 1.95. The molecule has 18 heavy (non-hydrogen) atoms. The minimum absolute atomic E-state index is 0.292. The smallest absolute Gasteiger partial charge is 0.343 e. The Labute approximate surface area is 105 Å². The highest BCUT2D eigenvalue weighted by Crippen LogP contribution is 2.26. The maximum Gasteiger partial charge on any atom is 0.343 e. The summed E-state index contributed by atoms with van der Waals surface area (Å²) >= 11 is 0. The maximum absolute atomic E-state index is 11.9. The fourth-order valence-electron chi connectivity index (χ4n) is 2.05. The molecule has 1 aliphatic rings. The molecule has 2 heteroatoms. The molecule has 0 unspecified atom stereocenters. The summed E-state index contributed by atoms with van der Waals surface area (Å²) in [6.45, 7) is 0. The lowest BCUT2D eigenvalue weighted by molar-refractivity contribution is -0.129. The first-order chi connectivity index (χ1) is 8.84. The number of carbonyl (C=O) groups excluding carboxylic acids is 1. The van der Waals surface area contributed by atoms with E-state index in [-0.39, 0.29) is 5.97 Å². The van der Waals surface area contributed by atoms with Crippen molar-refractivity contribution in [2.24, 2.45) is 0 Å². The number of benzene rings is 2. The molecular weight excluding hydrogens is 224 g/mol. The minimum Gasteiger partial charge on any atom is -0.422 e. The molecule has 0 bridgehead atoms. The van der Waals surface area contributed by atoms with Gasteiger partial charge in [-0.05, 0) is 17.9 Å². The number of hydrogen-bond acceptors (Lipinski definition) is 2. The van der Waals surface area contributed by atoms with Crippen molar-refractivity contribution in [3.63, 3.8) is 0 Å². The van der Waals surface area contributed by atoms with E-state index in [1.807, 2.05) is 54.6 Å². The molecule has 0 saturated heterocycles. The number of esters is 1. The van der Waals surface area contributed by atoms with Crippen LogP contribution in [0.15, 0.2) is 66.3 Å². The van der Waals surface area contributed by atoms with E-state index in [0.717, 1.165) is 17.2 Å². The van der Waals surface area contributed by atoms with Crippen LogP contribution in [-0.2, 0) is 4.79 Å². The van der Waals surface area contributed by atoms with Crippen LogP contribution in [-0.4, -0.2) is 5.97 Å². The predicted octanol–water partition coefficient (Wildman–Crippen LogP) is 3.63. The number of allylic oxidation sites excluding steroid dienone is 2. The molecule has 0 radical (unpaired) electrons. The Kier molecular flexibility index (Phi) is 2.69. The molecular formula is C16H12O2. The van der Waals surface area contributed by atoms with Crippen molar-refractivity contribution in [1.82, 2.24) is 0 Å². The zero-order valence-electron chi connectivity index (χ0n) is 9.80. The van der Waals surface area contributed by atoms with E-state index in [2.05, 4.69) is 0 Å². The molecule has 0 fully saturated rings. The summed E-state index contributed by atoms with van der Waals surface area (Å²) in [5.74, 6) is 0.319. The first kappa shape index (κ1) is 10.8. The predicted molar refractivity (Wildman–Crippen MR) is 71.4 cm³/mol. The summed E-state index contributed by atoms with van der Waals surface area (Å²) in [7, 11) is 0. The van der Waals surface area contributed by atoms with Crippen LogP contribution in [0.2, 0.25) is 0 Å². The fraction of sp³-hybridized carbons (Fsp3) is 0.0625. The fourth-order valence-corrected chi connectivity index (χ4v) is 2.05. The molecule has 2 nitrogen and oxygen atoms in total. The summed E-state index contributed by atoms with van der Waals surface area (Å²) in [6.07, 6.45) is 6.42. The Bertz CT molecular complexity index is 660. The third kappa shape index (κ3) is 1.93. The van der Waals surface area contributed by atoms with Crippen LogP contribution < -0.4 is 4.74 Å². The van der Waals surface area contributed by atoms with Gasteiger partial charge >= 0.3 is 5.97 Å². The first-order valence-electron chi connectivity index (χ1n) is 5.91. The standard InChI is InChI=1S/C16H12O2/c17-16(13-7-1-2-8-13)18-15-11-5-9-12-6-3-4-10-14(12)15/h1,3-11H,2H2. The second-order valence-corrected chi connectivity index (χ2v) is 4.16. The number of fused-ring (bicyclic) bond motifs is 1. The van der Waals surface area contributed by atoms with E-state index in [4.69, 9.17) is 4.74 Å². The van der Waals surface area contributed by atoms with Crippen LogP contribution in [0.25, 0.3) is 10.8 Å². The van der Waals surface area contributed by atoms with E-state index in [1.165, 1.54) is 0 Å². The van der Waals surface area contributed by atoms with Gasteiger partial charge in [-0.2, -0.15) is 0 Å². The molecule has 3 rings (SSSR count). The van der Waals surface area contributed by atoms with Crippen molar-refractivity contribution >= 4 is 16.7 Å². The molecule has 2 aromatic rings. The molecule has 0 aliphatic heterocycles. The lowest BCUT2D eigenvalue weighted by Crippen LogP contribution is -2.09. The quantitative estimate of drug-likeness (QED) is 0.588. The van der Waals surface area contributed by atoms with E-state index in [9.17, 15) is 4.79 Å². The summed E-state index contributed by atoms with van der Waals surface area (Å²) in [5.41, 5.74) is 0.628. The Morgan fingerprint density at radius 1 is 1.06 bits per heavy atom. The van der Waals surface area contributed by atoms with Gasteiger partial charge in [0.15, 0.2) is 0 Å². The molecule has 0 heterocycles. The van der Waals surface area contributed by atoms with E-state index >= 15 is 0 Å². The second-order valence-electron chi connectivity index (χ2n) is 4.16. The zero-order chi connectivity index (χ0) is 12.4. The van der Waals surface area contributed by atoms with Gasteiger partial charge in [-0.1, -0.05) is 54.6 Å². The lowest BCUT2D eigenvalue weighted by atomic mass is 10.1. The van der Waals surface area contributed by atoms with Gasteiger partial charge in [-0.15, -0.1) is 0 Å². The van der Waals surface area contributed by atoms with Crippen LogP contribution in [0.4, 0.5) is 0 Å². The first-order valence-corrected chi connectivity index (χ1v) is 5.91.